The Morgan fingerprint density at radius 1 is 0.821 bits per heavy atom. The van der Waals surface area contributed by atoms with E-state index in [1.54, 1.807) is 0 Å². The lowest BCUT2D eigenvalue weighted by Gasteiger charge is -2.42. The van der Waals surface area contributed by atoms with Crippen molar-refractivity contribution in [2.45, 2.75) is 64.3 Å². The Labute approximate surface area is 170 Å². The molecule has 3 nitrogen and oxygen atoms in total. The monoisotopic (exact) mass is 398 g/mol. The highest BCUT2D eigenvalue weighted by Crippen LogP contribution is 2.37. The number of aliphatic hydroxyl groups is 1. The van der Waals surface area contributed by atoms with E-state index in [9.17, 15) is 4.79 Å². The van der Waals surface area contributed by atoms with Gasteiger partial charge in [0.05, 0.1) is 0 Å². The standard InChI is InChI=1S/C24H34O3Si/c1-24(2,3)28(21-15-9-7-10-16-21,22-17-11-8-12-18-22)27-23(26)19-13-5-4-6-14-20-25/h7-12,15-18,25H,4-6,13-14,19-20H2,1-3H3. The SMILES string of the molecule is CC(C)(C)[Si](OC(=O)CCCCCCCO)(c1ccccc1)c1ccccc1. The van der Waals surface area contributed by atoms with E-state index in [0.717, 1.165) is 42.5 Å². The molecule has 0 heterocycles. The highest BCUT2D eigenvalue weighted by atomic mass is 28.4. The summed E-state index contributed by atoms with van der Waals surface area (Å²) in [6, 6.07) is 20.5. The molecule has 0 saturated carbocycles. The molecule has 28 heavy (non-hydrogen) atoms. The molecule has 152 valence electrons. The summed E-state index contributed by atoms with van der Waals surface area (Å²) in [7, 11) is -2.78. The van der Waals surface area contributed by atoms with Crippen LogP contribution >= 0.6 is 0 Å². The van der Waals surface area contributed by atoms with Crippen LogP contribution in [0.3, 0.4) is 0 Å². The van der Waals surface area contributed by atoms with Gasteiger partial charge in [-0.05, 0) is 28.3 Å². The maximum absolute atomic E-state index is 12.9. The van der Waals surface area contributed by atoms with Crippen molar-refractivity contribution in [3.8, 4) is 0 Å². The predicted octanol–water partition coefficient (Wildman–Crippen LogP) is 4.42. The van der Waals surface area contributed by atoms with Gasteiger partial charge in [-0.15, -0.1) is 0 Å². The van der Waals surface area contributed by atoms with E-state index < -0.39 is 8.32 Å². The predicted molar refractivity (Wildman–Crippen MR) is 119 cm³/mol. The Morgan fingerprint density at radius 3 is 1.75 bits per heavy atom. The van der Waals surface area contributed by atoms with Gasteiger partial charge in [-0.1, -0.05) is 101 Å². The van der Waals surface area contributed by atoms with Gasteiger partial charge in [-0.3, -0.25) is 4.79 Å². The third-order valence-electron chi connectivity index (χ3n) is 5.22. The Hall–Kier alpha value is -1.91. The van der Waals surface area contributed by atoms with Gasteiger partial charge in [0, 0.05) is 13.0 Å². The summed E-state index contributed by atoms with van der Waals surface area (Å²) in [5.74, 6) is -0.101. The molecule has 0 amide bonds. The summed E-state index contributed by atoms with van der Waals surface area (Å²) in [6.07, 6.45) is 5.18. The first-order chi connectivity index (χ1) is 13.4. The smallest absolute Gasteiger partial charge is 0.323 e. The zero-order valence-electron chi connectivity index (χ0n) is 17.5. The minimum absolute atomic E-state index is 0.101. The van der Waals surface area contributed by atoms with Crippen molar-refractivity contribution in [2.75, 3.05) is 6.61 Å². The number of hydrogen-bond acceptors (Lipinski definition) is 3. The van der Waals surface area contributed by atoms with Gasteiger partial charge < -0.3 is 9.53 Å². The van der Waals surface area contributed by atoms with Crippen molar-refractivity contribution < 1.29 is 14.3 Å². The van der Waals surface area contributed by atoms with Gasteiger partial charge in [-0.2, -0.15) is 0 Å². The summed E-state index contributed by atoms with van der Waals surface area (Å²) in [5.41, 5.74) is 0. The minimum Gasteiger partial charge on any atom is -0.510 e. The van der Waals surface area contributed by atoms with Crippen molar-refractivity contribution in [3.63, 3.8) is 0 Å². The van der Waals surface area contributed by atoms with Crippen LogP contribution in [0, 0.1) is 0 Å². The van der Waals surface area contributed by atoms with Crippen molar-refractivity contribution in [3.05, 3.63) is 60.7 Å². The molecule has 0 spiro atoms. The number of rotatable bonds is 10. The molecule has 0 saturated heterocycles. The molecule has 1 N–H and O–H groups in total. The number of benzene rings is 2. The quantitative estimate of drug-likeness (QED) is 0.476. The molecular formula is C24H34O3Si. The normalized spacial score (nSPS) is 12.0. The maximum atomic E-state index is 12.9. The lowest BCUT2D eigenvalue weighted by molar-refractivity contribution is -0.135. The van der Waals surface area contributed by atoms with E-state index in [0.29, 0.717) is 6.42 Å². The van der Waals surface area contributed by atoms with Crippen LogP contribution in [0.15, 0.2) is 60.7 Å². The highest BCUT2D eigenvalue weighted by molar-refractivity contribution is 7.00. The fraction of sp³-hybridized carbons (Fsp3) is 0.458. The molecule has 0 radical (unpaired) electrons. The topological polar surface area (TPSA) is 46.5 Å². The number of unbranched alkanes of at least 4 members (excludes halogenated alkanes) is 4. The molecule has 2 aromatic rings. The van der Waals surface area contributed by atoms with Crippen LogP contribution in [-0.4, -0.2) is 26.0 Å². The van der Waals surface area contributed by atoms with Crippen molar-refractivity contribution >= 4 is 24.7 Å². The maximum Gasteiger partial charge on any atom is 0.323 e. The molecule has 0 unspecified atom stereocenters. The summed E-state index contributed by atoms with van der Waals surface area (Å²) in [4.78, 5) is 12.9. The van der Waals surface area contributed by atoms with Crippen molar-refractivity contribution in [1.29, 1.82) is 0 Å². The number of aliphatic hydroxyl groups excluding tert-OH is 1. The van der Waals surface area contributed by atoms with Crippen LogP contribution in [0.1, 0.15) is 59.3 Å². The second-order valence-electron chi connectivity index (χ2n) is 8.38. The molecule has 2 rings (SSSR count). The second kappa shape index (κ2) is 10.6. The average molecular weight is 399 g/mol. The van der Waals surface area contributed by atoms with E-state index >= 15 is 0 Å². The summed E-state index contributed by atoms with van der Waals surface area (Å²) in [5, 5.41) is 10.9. The Balaban J connectivity index is 2.25. The third kappa shape index (κ3) is 5.55. The Bertz CT molecular complexity index is 668. The molecule has 0 aromatic heterocycles. The first-order valence-corrected chi connectivity index (χ1v) is 12.3. The van der Waals surface area contributed by atoms with Gasteiger partial charge in [0.15, 0.2) is 0 Å². The Morgan fingerprint density at radius 2 is 1.29 bits per heavy atom. The van der Waals surface area contributed by atoms with Gasteiger partial charge in [-0.25, -0.2) is 0 Å². The van der Waals surface area contributed by atoms with Gasteiger partial charge >= 0.3 is 8.32 Å². The van der Waals surface area contributed by atoms with E-state index in [-0.39, 0.29) is 17.6 Å². The number of carbonyl (C=O) groups excluding carboxylic acids is 1. The van der Waals surface area contributed by atoms with Gasteiger partial charge in [0.2, 0.25) is 0 Å². The molecular weight excluding hydrogens is 364 g/mol. The third-order valence-corrected chi connectivity index (χ3v) is 10.2. The molecule has 0 aliphatic heterocycles. The van der Waals surface area contributed by atoms with Crippen LogP contribution in [-0.2, 0) is 9.22 Å². The molecule has 0 bridgehead atoms. The lowest BCUT2D eigenvalue weighted by atomic mass is 10.1. The molecule has 0 aliphatic carbocycles. The van der Waals surface area contributed by atoms with E-state index in [2.05, 4.69) is 45.0 Å². The van der Waals surface area contributed by atoms with Crippen LogP contribution < -0.4 is 10.4 Å². The molecule has 4 heteroatoms. The Kier molecular flexibility index (Phi) is 8.46. The average Bonchev–Trinajstić information content (AvgIpc) is 2.69. The fourth-order valence-corrected chi connectivity index (χ4v) is 8.16. The summed E-state index contributed by atoms with van der Waals surface area (Å²) < 4.78 is 6.46. The van der Waals surface area contributed by atoms with Crippen molar-refractivity contribution in [2.24, 2.45) is 0 Å². The van der Waals surface area contributed by atoms with Crippen LogP contribution in [0.25, 0.3) is 0 Å². The molecule has 0 fully saturated rings. The number of hydrogen-bond donors (Lipinski definition) is 1. The summed E-state index contributed by atoms with van der Waals surface area (Å²) in [6.45, 7) is 6.79. The zero-order valence-corrected chi connectivity index (χ0v) is 18.5. The zero-order chi connectivity index (χ0) is 20.5. The first kappa shape index (κ1) is 22.4. The van der Waals surface area contributed by atoms with Crippen LogP contribution in [0.4, 0.5) is 0 Å². The lowest BCUT2D eigenvalue weighted by Crippen LogP contribution is -2.67. The van der Waals surface area contributed by atoms with Crippen LogP contribution in [0.2, 0.25) is 5.04 Å². The molecule has 2 aromatic carbocycles. The van der Waals surface area contributed by atoms with Gasteiger partial charge in [0.25, 0.3) is 5.97 Å². The fourth-order valence-electron chi connectivity index (χ4n) is 3.78. The first-order valence-electron chi connectivity index (χ1n) is 10.4. The minimum atomic E-state index is -2.78. The summed E-state index contributed by atoms with van der Waals surface area (Å²) >= 11 is 0. The largest absolute Gasteiger partial charge is 0.510 e. The van der Waals surface area contributed by atoms with Crippen molar-refractivity contribution in [1.82, 2.24) is 0 Å². The second-order valence-corrected chi connectivity index (χ2v) is 12.6. The van der Waals surface area contributed by atoms with Gasteiger partial charge in [0.1, 0.15) is 0 Å². The molecule has 0 atom stereocenters. The van der Waals surface area contributed by atoms with E-state index in [4.69, 9.17) is 9.53 Å². The van der Waals surface area contributed by atoms with Crippen LogP contribution in [0.5, 0.6) is 0 Å². The van der Waals surface area contributed by atoms with E-state index in [1.807, 2.05) is 36.4 Å². The highest BCUT2D eigenvalue weighted by Gasteiger charge is 2.52. The molecule has 0 aliphatic rings. The number of carbonyl (C=O) groups is 1. The van der Waals surface area contributed by atoms with E-state index in [1.165, 1.54) is 0 Å².